The number of aromatic amines is 1. The Morgan fingerprint density at radius 2 is 1.97 bits per heavy atom. The van der Waals surface area contributed by atoms with E-state index in [1.165, 1.54) is 23.1 Å². The lowest BCUT2D eigenvalue weighted by Gasteiger charge is -2.20. The topological polar surface area (TPSA) is 72.0 Å². The van der Waals surface area contributed by atoms with E-state index in [4.69, 9.17) is 4.74 Å². The zero-order valence-corrected chi connectivity index (χ0v) is 17.9. The number of nitrogens with zero attached hydrogens (tertiary/aromatic N) is 1. The van der Waals surface area contributed by atoms with Gasteiger partial charge in [0.2, 0.25) is 0 Å². The van der Waals surface area contributed by atoms with Gasteiger partial charge in [0.15, 0.2) is 5.16 Å². The SMILES string of the molecule is CCOC(=O)C(C)(C)Sc1nc2scc(-c3ccc4ccccc4c3)c2c(=O)[nH]1. The van der Waals surface area contributed by atoms with E-state index in [9.17, 15) is 9.59 Å². The van der Waals surface area contributed by atoms with Crippen molar-refractivity contribution in [3.05, 3.63) is 58.2 Å². The van der Waals surface area contributed by atoms with Crippen molar-refractivity contribution in [2.75, 3.05) is 6.61 Å². The van der Waals surface area contributed by atoms with Crippen LogP contribution in [0.25, 0.3) is 32.1 Å². The molecule has 0 radical (unpaired) electrons. The highest BCUT2D eigenvalue weighted by Crippen LogP contribution is 2.35. The third kappa shape index (κ3) is 3.80. The number of hydrogen-bond donors (Lipinski definition) is 1. The van der Waals surface area contributed by atoms with Crippen LogP contribution < -0.4 is 5.56 Å². The Hall–Kier alpha value is -2.64. The molecule has 0 aliphatic carbocycles. The van der Waals surface area contributed by atoms with Gasteiger partial charge in [-0.2, -0.15) is 0 Å². The average molecular weight is 425 g/mol. The molecule has 0 aliphatic heterocycles. The van der Waals surface area contributed by atoms with Gasteiger partial charge in [0.05, 0.1) is 12.0 Å². The van der Waals surface area contributed by atoms with E-state index in [2.05, 4.69) is 34.2 Å². The van der Waals surface area contributed by atoms with E-state index in [1.807, 2.05) is 23.6 Å². The van der Waals surface area contributed by atoms with Crippen LogP contribution in [0.2, 0.25) is 0 Å². The van der Waals surface area contributed by atoms with E-state index >= 15 is 0 Å². The number of fused-ring (bicyclic) bond motifs is 2. The van der Waals surface area contributed by atoms with Gasteiger partial charge in [-0.1, -0.05) is 48.2 Å². The standard InChI is InChI=1S/C22H20N2O3S2/c1-4-27-20(26)22(2,3)29-21-23-18(25)17-16(12-28-19(17)24-21)15-10-9-13-7-5-6-8-14(13)11-15/h5-12H,4H2,1-3H3,(H,23,24,25). The number of carbonyl (C=O) groups excluding carboxylic acids is 1. The summed E-state index contributed by atoms with van der Waals surface area (Å²) < 4.78 is 4.27. The Balaban J connectivity index is 1.74. The summed E-state index contributed by atoms with van der Waals surface area (Å²) >= 11 is 2.62. The van der Waals surface area contributed by atoms with Crippen LogP contribution in [0, 0.1) is 0 Å². The summed E-state index contributed by atoms with van der Waals surface area (Å²) in [4.78, 5) is 33.1. The van der Waals surface area contributed by atoms with Crippen molar-refractivity contribution >= 4 is 50.1 Å². The van der Waals surface area contributed by atoms with Crippen LogP contribution in [0.5, 0.6) is 0 Å². The second kappa shape index (κ2) is 7.65. The molecule has 0 spiro atoms. The van der Waals surface area contributed by atoms with E-state index in [1.54, 1.807) is 20.8 Å². The maximum Gasteiger partial charge on any atom is 0.322 e. The molecule has 0 fully saturated rings. The van der Waals surface area contributed by atoms with Crippen LogP contribution in [0.4, 0.5) is 0 Å². The number of carbonyl (C=O) groups is 1. The molecule has 4 rings (SSSR count). The van der Waals surface area contributed by atoms with Gasteiger partial charge in [-0.15, -0.1) is 11.3 Å². The Morgan fingerprint density at radius 3 is 2.72 bits per heavy atom. The molecule has 0 bridgehead atoms. The monoisotopic (exact) mass is 424 g/mol. The van der Waals surface area contributed by atoms with Crippen molar-refractivity contribution in [3.63, 3.8) is 0 Å². The van der Waals surface area contributed by atoms with E-state index in [0.717, 1.165) is 21.9 Å². The molecule has 0 atom stereocenters. The summed E-state index contributed by atoms with van der Waals surface area (Å²) in [6, 6.07) is 14.3. The molecule has 0 saturated heterocycles. The Kier molecular flexibility index (Phi) is 5.19. The predicted molar refractivity (Wildman–Crippen MR) is 120 cm³/mol. The maximum absolute atomic E-state index is 12.9. The quantitative estimate of drug-likeness (QED) is 0.269. The first-order valence-electron chi connectivity index (χ1n) is 9.26. The van der Waals surface area contributed by atoms with Crippen LogP contribution in [-0.2, 0) is 9.53 Å². The molecule has 0 unspecified atom stereocenters. The van der Waals surface area contributed by atoms with E-state index in [0.29, 0.717) is 22.0 Å². The third-order valence-corrected chi connectivity index (χ3v) is 6.54. The lowest BCUT2D eigenvalue weighted by Crippen LogP contribution is -2.30. The number of thioether (sulfide) groups is 1. The predicted octanol–water partition coefficient (Wildman–Crippen LogP) is 5.24. The van der Waals surface area contributed by atoms with E-state index in [-0.39, 0.29) is 11.5 Å². The van der Waals surface area contributed by atoms with Gasteiger partial charge < -0.3 is 9.72 Å². The molecular weight excluding hydrogens is 404 g/mol. The zero-order chi connectivity index (χ0) is 20.6. The molecule has 2 aromatic heterocycles. The average Bonchev–Trinajstić information content (AvgIpc) is 3.12. The number of benzene rings is 2. The summed E-state index contributed by atoms with van der Waals surface area (Å²) in [6.45, 7) is 5.60. The van der Waals surface area contributed by atoms with Gasteiger partial charge in [0.1, 0.15) is 9.58 Å². The number of aromatic nitrogens is 2. The molecule has 1 N–H and O–H groups in total. The fourth-order valence-electron chi connectivity index (χ4n) is 3.14. The molecule has 0 aliphatic rings. The Bertz CT molecular complexity index is 1270. The number of rotatable bonds is 5. The Morgan fingerprint density at radius 1 is 1.21 bits per heavy atom. The highest BCUT2D eigenvalue weighted by Gasteiger charge is 2.32. The van der Waals surface area contributed by atoms with Crippen LogP contribution >= 0.6 is 23.1 Å². The lowest BCUT2D eigenvalue weighted by molar-refractivity contribution is -0.145. The first-order chi connectivity index (χ1) is 13.9. The highest BCUT2D eigenvalue weighted by atomic mass is 32.2. The number of esters is 1. The summed E-state index contributed by atoms with van der Waals surface area (Å²) in [5.41, 5.74) is 1.64. The third-order valence-electron chi connectivity index (χ3n) is 4.60. The van der Waals surface area contributed by atoms with Gasteiger partial charge in [-0.05, 0) is 43.2 Å². The van der Waals surface area contributed by atoms with Crippen molar-refractivity contribution in [1.82, 2.24) is 9.97 Å². The molecule has 5 nitrogen and oxygen atoms in total. The van der Waals surface area contributed by atoms with Crippen molar-refractivity contribution in [1.29, 1.82) is 0 Å². The molecule has 4 aromatic rings. The zero-order valence-electron chi connectivity index (χ0n) is 16.3. The fraction of sp³-hybridized carbons (Fsp3) is 0.227. The number of ether oxygens (including phenoxy) is 1. The van der Waals surface area contributed by atoms with E-state index < -0.39 is 4.75 Å². The van der Waals surface area contributed by atoms with Gasteiger partial charge in [-0.25, -0.2) is 4.98 Å². The number of thiophene rings is 1. The molecule has 2 heterocycles. The largest absolute Gasteiger partial charge is 0.465 e. The van der Waals surface area contributed by atoms with Crippen LogP contribution in [-0.4, -0.2) is 27.3 Å². The minimum atomic E-state index is -0.849. The lowest BCUT2D eigenvalue weighted by atomic mass is 10.0. The second-order valence-corrected chi connectivity index (χ2v) is 9.56. The number of nitrogens with one attached hydrogen (secondary N) is 1. The molecule has 29 heavy (non-hydrogen) atoms. The second-order valence-electron chi connectivity index (χ2n) is 7.10. The molecule has 0 amide bonds. The van der Waals surface area contributed by atoms with Crippen LogP contribution in [0.1, 0.15) is 20.8 Å². The molecule has 0 saturated carbocycles. The van der Waals surface area contributed by atoms with Gasteiger partial charge >= 0.3 is 5.97 Å². The van der Waals surface area contributed by atoms with Gasteiger partial charge in [0.25, 0.3) is 5.56 Å². The highest BCUT2D eigenvalue weighted by molar-refractivity contribution is 8.01. The molecular formula is C22H20N2O3S2. The van der Waals surface area contributed by atoms with Gasteiger partial charge in [-0.3, -0.25) is 9.59 Å². The summed E-state index contributed by atoms with van der Waals surface area (Å²) in [6.07, 6.45) is 0. The molecule has 7 heteroatoms. The summed E-state index contributed by atoms with van der Waals surface area (Å²) in [7, 11) is 0. The van der Waals surface area contributed by atoms with Crippen molar-refractivity contribution in [3.8, 4) is 11.1 Å². The summed E-state index contributed by atoms with van der Waals surface area (Å²) in [5, 5.41) is 5.22. The Labute approximate surface area is 176 Å². The van der Waals surface area contributed by atoms with Crippen molar-refractivity contribution < 1.29 is 9.53 Å². The van der Waals surface area contributed by atoms with Crippen LogP contribution in [0.15, 0.2) is 57.8 Å². The van der Waals surface area contributed by atoms with Crippen molar-refractivity contribution in [2.24, 2.45) is 0 Å². The number of hydrogen-bond acceptors (Lipinski definition) is 6. The smallest absolute Gasteiger partial charge is 0.322 e. The minimum Gasteiger partial charge on any atom is -0.465 e. The van der Waals surface area contributed by atoms with Gasteiger partial charge in [0, 0.05) is 10.9 Å². The molecule has 148 valence electrons. The normalized spacial score (nSPS) is 11.8. The summed E-state index contributed by atoms with van der Waals surface area (Å²) in [5.74, 6) is -0.337. The first kappa shape index (κ1) is 19.7. The van der Waals surface area contributed by atoms with Crippen LogP contribution in [0.3, 0.4) is 0 Å². The maximum atomic E-state index is 12.9. The number of H-pyrrole nitrogens is 1. The first-order valence-corrected chi connectivity index (χ1v) is 11.0. The fourth-order valence-corrected chi connectivity index (χ4v) is 5.05. The molecule has 2 aromatic carbocycles. The van der Waals surface area contributed by atoms with Crippen molar-refractivity contribution in [2.45, 2.75) is 30.7 Å². The minimum absolute atomic E-state index is 0.207.